The topological polar surface area (TPSA) is 32.5 Å². The van der Waals surface area contributed by atoms with Crippen LogP contribution in [0, 0.1) is 0 Å². The van der Waals surface area contributed by atoms with Crippen molar-refractivity contribution in [2.45, 2.75) is 31.8 Å². The predicted octanol–water partition coefficient (Wildman–Crippen LogP) is 2.24. The maximum Gasteiger partial charge on any atom is 0.0412 e. The van der Waals surface area contributed by atoms with Gasteiger partial charge in [0, 0.05) is 31.4 Å². The standard InChI is InChI=1S/C15H25N3/c1-12(16)14-8-4-5-9-15(14)18(3)11-13-7-6-10-17(13)2/h4-5,8-9,12-13H,6-7,10-11,16H2,1-3H3. The van der Waals surface area contributed by atoms with Crippen LogP contribution in [0.5, 0.6) is 0 Å². The number of para-hydroxylation sites is 1. The molecule has 0 aliphatic carbocycles. The van der Waals surface area contributed by atoms with Crippen molar-refractivity contribution in [2.24, 2.45) is 5.73 Å². The zero-order chi connectivity index (χ0) is 13.1. The van der Waals surface area contributed by atoms with Gasteiger partial charge in [0.2, 0.25) is 0 Å². The molecule has 0 radical (unpaired) electrons. The Morgan fingerprint density at radius 1 is 1.44 bits per heavy atom. The molecule has 2 N–H and O–H groups in total. The van der Waals surface area contributed by atoms with Gasteiger partial charge in [-0.3, -0.25) is 0 Å². The zero-order valence-corrected chi connectivity index (χ0v) is 11.8. The molecule has 0 aromatic heterocycles. The third-order valence-corrected chi connectivity index (χ3v) is 3.99. The van der Waals surface area contributed by atoms with Gasteiger partial charge in [-0.15, -0.1) is 0 Å². The summed E-state index contributed by atoms with van der Waals surface area (Å²) in [4.78, 5) is 4.82. The summed E-state index contributed by atoms with van der Waals surface area (Å²) < 4.78 is 0. The van der Waals surface area contributed by atoms with Crippen LogP contribution in [0.3, 0.4) is 0 Å². The van der Waals surface area contributed by atoms with Crippen molar-refractivity contribution in [2.75, 3.05) is 32.1 Å². The van der Waals surface area contributed by atoms with Crippen molar-refractivity contribution >= 4 is 5.69 Å². The molecule has 1 aromatic carbocycles. The molecule has 2 unspecified atom stereocenters. The smallest absolute Gasteiger partial charge is 0.0412 e. The molecule has 18 heavy (non-hydrogen) atoms. The first-order chi connectivity index (χ1) is 8.59. The summed E-state index contributed by atoms with van der Waals surface area (Å²) in [5.41, 5.74) is 8.56. The second-order valence-corrected chi connectivity index (χ2v) is 5.50. The number of anilines is 1. The third kappa shape index (κ3) is 2.85. The molecule has 1 aliphatic rings. The van der Waals surface area contributed by atoms with Gasteiger partial charge in [0.05, 0.1) is 0 Å². The van der Waals surface area contributed by atoms with Gasteiger partial charge in [-0.25, -0.2) is 0 Å². The number of benzene rings is 1. The molecular formula is C15H25N3. The average molecular weight is 247 g/mol. The largest absolute Gasteiger partial charge is 0.373 e. The normalized spacial score (nSPS) is 22.1. The van der Waals surface area contributed by atoms with E-state index in [-0.39, 0.29) is 6.04 Å². The number of nitrogens with zero attached hydrogens (tertiary/aromatic N) is 2. The third-order valence-electron chi connectivity index (χ3n) is 3.99. The van der Waals surface area contributed by atoms with Crippen LogP contribution < -0.4 is 10.6 Å². The highest BCUT2D eigenvalue weighted by molar-refractivity contribution is 5.54. The molecule has 3 heteroatoms. The minimum absolute atomic E-state index is 0.0879. The van der Waals surface area contributed by atoms with E-state index in [2.05, 4.69) is 48.2 Å². The van der Waals surface area contributed by atoms with E-state index in [1.54, 1.807) is 0 Å². The fraction of sp³-hybridized carbons (Fsp3) is 0.600. The van der Waals surface area contributed by atoms with E-state index in [1.807, 2.05) is 6.92 Å². The molecule has 0 saturated carbocycles. The summed E-state index contributed by atoms with van der Waals surface area (Å²) in [5.74, 6) is 0. The lowest BCUT2D eigenvalue weighted by Crippen LogP contribution is -2.37. The molecule has 0 spiro atoms. The number of likely N-dealkylation sites (tertiary alicyclic amines) is 1. The van der Waals surface area contributed by atoms with E-state index in [4.69, 9.17) is 5.73 Å². The molecule has 1 saturated heterocycles. The van der Waals surface area contributed by atoms with Gasteiger partial charge in [-0.2, -0.15) is 0 Å². The molecule has 100 valence electrons. The lowest BCUT2D eigenvalue weighted by Gasteiger charge is -2.29. The highest BCUT2D eigenvalue weighted by atomic mass is 15.2. The molecule has 2 atom stereocenters. The molecule has 3 nitrogen and oxygen atoms in total. The van der Waals surface area contributed by atoms with E-state index >= 15 is 0 Å². The Bertz CT molecular complexity index is 389. The van der Waals surface area contributed by atoms with E-state index in [0.717, 1.165) is 6.54 Å². The van der Waals surface area contributed by atoms with Crippen molar-refractivity contribution in [3.63, 3.8) is 0 Å². The van der Waals surface area contributed by atoms with Crippen LogP contribution in [0.25, 0.3) is 0 Å². The summed E-state index contributed by atoms with van der Waals surface area (Å²) in [7, 11) is 4.40. The first-order valence-electron chi connectivity index (χ1n) is 6.85. The second kappa shape index (κ2) is 5.72. The Balaban J connectivity index is 2.10. The molecule has 0 amide bonds. The van der Waals surface area contributed by atoms with Gasteiger partial charge in [0.25, 0.3) is 0 Å². The summed E-state index contributed by atoms with van der Waals surface area (Å²) in [6.07, 6.45) is 2.63. The van der Waals surface area contributed by atoms with Crippen LogP contribution in [0.2, 0.25) is 0 Å². The number of hydrogen-bond acceptors (Lipinski definition) is 3. The van der Waals surface area contributed by atoms with Crippen LogP contribution in [0.4, 0.5) is 5.69 Å². The molecular weight excluding hydrogens is 222 g/mol. The van der Waals surface area contributed by atoms with Crippen LogP contribution in [0.1, 0.15) is 31.4 Å². The lowest BCUT2D eigenvalue weighted by atomic mass is 10.1. The quantitative estimate of drug-likeness (QED) is 0.885. The first kappa shape index (κ1) is 13.4. The van der Waals surface area contributed by atoms with E-state index in [0.29, 0.717) is 6.04 Å². The van der Waals surface area contributed by atoms with Crippen LogP contribution in [-0.4, -0.2) is 38.1 Å². The number of hydrogen-bond donors (Lipinski definition) is 1. The molecule has 1 fully saturated rings. The monoisotopic (exact) mass is 247 g/mol. The van der Waals surface area contributed by atoms with E-state index < -0.39 is 0 Å². The highest BCUT2D eigenvalue weighted by Crippen LogP contribution is 2.25. The Kier molecular flexibility index (Phi) is 4.25. The van der Waals surface area contributed by atoms with E-state index in [9.17, 15) is 0 Å². The molecule has 1 aliphatic heterocycles. The van der Waals surface area contributed by atoms with Crippen molar-refractivity contribution in [1.29, 1.82) is 0 Å². The number of likely N-dealkylation sites (N-methyl/N-ethyl adjacent to an activating group) is 2. The molecule has 1 heterocycles. The molecule has 2 rings (SSSR count). The fourth-order valence-electron chi connectivity index (χ4n) is 2.84. The van der Waals surface area contributed by atoms with Gasteiger partial charge < -0.3 is 15.5 Å². The summed E-state index contributed by atoms with van der Waals surface area (Å²) in [5, 5.41) is 0. The lowest BCUT2D eigenvalue weighted by molar-refractivity contribution is 0.314. The molecule has 1 aromatic rings. The minimum atomic E-state index is 0.0879. The van der Waals surface area contributed by atoms with Gasteiger partial charge in [-0.05, 0) is 45.0 Å². The number of rotatable bonds is 4. The summed E-state index contributed by atoms with van der Waals surface area (Å²) in [6.45, 7) is 4.36. The minimum Gasteiger partial charge on any atom is -0.373 e. The van der Waals surface area contributed by atoms with Crippen molar-refractivity contribution in [3.05, 3.63) is 29.8 Å². The Labute approximate surface area is 111 Å². The summed E-state index contributed by atoms with van der Waals surface area (Å²) >= 11 is 0. The van der Waals surface area contributed by atoms with Gasteiger partial charge in [0.1, 0.15) is 0 Å². The second-order valence-electron chi connectivity index (χ2n) is 5.50. The Morgan fingerprint density at radius 2 is 2.17 bits per heavy atom. The fourth-order valence-corrected chi connectivity index (χ4v) is 2.84. The Morgan fingerprint density at radius 3 is 2.78 bits per heavy atom. The van der Waals surface area contributed by atoms with Gasteiger partial charge in [0.15, 0.2) is 0 Å². The summed E-state index contributed by atoms with van der Waals surface area (Å²) in [6, 6.07) is 9.23. The number of nitrogens with two attached hydrogens (primary N) is 1. The van der Waals surface area contributed by atoms with Gasteiger partial charge >= 0.3 is 0 Å². The predicted molar refractivity (Wildman–Crippen MR) is 78.0 cm³/mol. The average Bonchev–Trinajstić information content (AvgIpc) is 2.75. The van der Waals surface area contributed by atoms with Gasteiger partial charge in [-0.1, -0.05) is 18.2 Å². The maximum atomic E-state index is 6.05. The van der Waals surface area contributed by atoms with Crippen LogP contribution in [0.15, 0.2) is 24.3 Å². The maximum absolute atomic E-state index is 6.05. The van der Waals surface area contributed by atoms with Crippen molar-refractivity contribution in [1.82, 2.24) is 4.90 Å². The van der Waals surface area contributed by atoms with Crippen molar-refractivity contribution < 1.29 is 0 Å². The van der Waals surface area contributed by atoms with Crippen molar-refractivity contribution in [3.8, 4) is 0 Å². The van der Waals surface area contributed by atoms with Crippen LogP contribution in [-0.2, 0) is 0 Å². The highest BCUT2D eigenvalue weighted by Gasteiger charge is 2.23. The SMILES string of the molecule is CC(N)c1ccccc1N(C)CC1CCCN1C. The van der Waals surface area contributed by atoms with Crippen LogP contribution >= 0.6 is 0 Å². The first-order valence-corrected chi connectivity index (χ1v) is 6.85. The van der Waals surface area contributed by atoms with E-state index in [1.165, 1.54) is 30.6 Å². The Hall–Kier alpha value is -1.06. The molecule has 0 bridgehead atoms. The zero-order valence-electron chi connectivity index (χ0n) is 11.8.